The van der Waals surface area contributed by atoms with E-state index in [0.717, 1.165) is 5.56 Å². The molecule has 2 N–H and O–H groups in total. The third kappa shape index (κ3) is 1.91. The van der Waals surface area contributed by atoms with Gasteiger partial charge in [-0.05, 0) is 11.6 Å². The van der Waals surface area contributed by atoms with E-state index in [-0.39, 0.29) is 29.5 Å². The molecule has 4 heteroatoms. The number of ether oxygens (including phenoxy) is 1. The summed E-state index contributed by atoms with van der Waals surface area (Å²) in [6.45, 7) is 0. The van der Waals surface area contributed by atoms with Gasteiger partial charge >= 0.3 is 0 Å². The van der Waals surface area contributed by atoms with Gasteiger partial charge in [0.2, 0.25) is 5.75 Å². The van der Waals surface area contributed by atoms with Gasteiger partial charge in [-0.3, -0.25) is 4.79 Å². The van der Waals surface area contributed by atoms with Crippen molar-refractivity contribution in [1.82, 2.24) is 0 Å². The first-order valence-corrected chi connectivity index (χ1v) is 5.95. The third-order valence-electron chi connectivity index (χ3n) is 3.19. The minimum atomic E-state index is -0.735. The molecular formula is C15H12O4. The molecule has 0 saturated heterocycles. The maximum atomic E-state index is 12.1. The van der Waals surface area contributed by atoms with E-state index in [1.807, 2.05) is 18.2 Å². The van der Waals surface area contributed by atoms with Crippen molar-refractivity contribution in [3.8, 4) is 17.2 Å². The number of hydrogen-bond donors (Lipinski definition) is 2. The van der Waals surface area contributed by atoms with Crippen LogP contribution in [-0.4, -0.2) is 16.0 Å². The van der Waals surface area contributed by atoms with E-state index in [2.05, 4.69) is 0 Å². The number of ketones is 1. The minimum absolute atomic E-state index is 0.0659. The summed E-state index contributed by atoms with van der Waals surface area (Å²) in [6.07, 6.45) is -0.552. The zero-order valence-corrected chi connectivity index (χ0v) is 10.0. The van der Waals surface area contributed by atoms with Crippen LogP contribution in [0.3, 0.4) is 0 Å². The van der Waals surface area contributed by atoms with Gasteiger partial charge in [0.1, 0.15) is 0 Å². The van der Waals surface area contributed by atoms with Gasteiger partial charge in [0.25, 0.3) is 0 Å². The highest BCUT2D eigenvalue weighted by atomic mass is 16.5. The second-order valence-corrected chi connectivity index (χ2v) is 4.47. The Morgan fingerprint density at radius 1 is 1.05 bits per heavy atom. The lowest BCUT2D eigenvalue weighted by atomic mass is 9.96. The van der Waals surface area contributed by atoms with Crippen molar-refractivity contribution in [2.24, 2.45) is 0 Å². The number of aromatic hydroxyl groups is 2. The van der Waals surface area contributed by atoms with Gasteiger partial charge in [0, 0.05) is 12.0 Å². The van der Waals surface area contributed by atoms with E-state index in [0.29, 0.717) is 5.56 Å². The van der Waals surface area contributed by atoms with E-state index in [1.165, 1.54) is 6.07 Å². The molecule has 0 aromatic heterocycles. The highest BCUT2D eigenvalue weighted by Gasteiger charge is 2.31. The summed E-state index contributed by atoms with van der Waals surface area (Å²) in [4.78, 5) is 12.1. The van der Waals surface area contributed by atoms with Crippen molar-refractivity contribution in [3.05, 3.63) is 53.6 Å². The van der Waals surface area contributed by atoms with Crippen LogP contribution in [0.4, 0.5) is 0 Å². The van der Waals surface area contributed by atoms with Crippen molar-refractivity contribution in [2.45, 2.75) is 12.5 Å². The Hall–Kier alpha value is -2.49. The number of phenolic OH excluding ortho intramolecular Hbond substituents is 2. The van der Waals surface area contributed by atoms with Crippen LogP contribution >= 0.6 is 0 Å². The predicted molar refractivity (Wildman–Crippen MR) is 68.3 cm³/mol. The first-order chi connectivity index (χ1) is 9.16. The van der Waals surface area contributed by atoms with Gasteiger partial charge in [-0.2, -0.15) is 0 Å². The van der Waals surface area contributed by atoms with Crippen LogP contribution in [0.2, 0.25) is 0 Å². The molecule has 3 rings (SSSR count). The van der Waals surface area contributed by atoms with Crippen molar-refractivity contribution < 1.29 is 19.7 Å². The van der Waals surface area contributed by atoms with Crippen LogP contribution in [0.1, 0.15) is 17.2 Å². The van der Waals surface area contributed by atoms with Crippen molar-refractivity contribution >= 4 is 5.78 Å². The Morgan fingerprint density at radius 3 is 2.53 bits per heavy atom. The topological polar surface area (TPSA) is 66.8 Å². The second kappa shape index (κ2) is 4.31. The molecule has 1 aliphatic rings. The zero-order valence-electron chi connectivity index (χ0n) is 10.0. The molecule has 0 amide bonds. The van der Waals surface area contributed by atoms with Gasteiger partial charge in [0.05, 0.1) is 0 Å². The van der Waals surface area contributed by atoms with Crippen molar-refractivity contribution in [1.29, 1.82) is 0 Å². The summed E-state index contributed by atoms with van der Waals surface area (Å²) in [5.74, 6) is -0.442. The van der Waals surface area contributed by atoms with E-state index >= 15 is 0 Å². The Bertz CT molecular complexity index is 634. The lowest BCUT2D eigenvalue weighted by Crippen LogP contribution is -2.25. The van der Waals surface area contributed by atoms with Gasteiger partial charge in [0.15, 0.2) is 23.4 Å². The number of phenols is 2. The SMILES string of the molecule is O=C1Cc2ccc(O)c(O)c2OC1c1ccccc1. The minimum Gasteiger partial charge on any atom is -0.504 e. The zero-order chi connectivity index (χ0) is 13.4. The quantitative estimate of drug-likeness (QED) is 0.768. The summed E-state index contributed by atoms with van der Waals surface area (Å²) in [6, 6.07) is 12.0. The van der Waals surface area contributed by atoms with Crippen LogP contribution in [0.25, 0.3) is 0 Å². The number of carbonyl (C=O) groups is 1. The first kappa shape index (κ1) is 11.6. The van der Waals surface area contributed by atoms with E-state index in [1.54, 1.807) is 18.2 Å². The van der Waals surface area contributed by atoms with Crippen molar-refractivity contribution in [2.75, 3.05) is 0 Å². The lowest BCUT2D eigenvalue weighted by molar-refractivity contribution is -0.126. The predicted octanol–water partition coefficient (Wildman–Crippen LogP) is 2.34. The summed E-state index contributed by atoms with van der Waals surface area (Å²) >= 11 is 0. The standard InChI is InChI=1S/C15H12O4/c16-11-7-6-10-8-12(17)14(19-15(10)13(11)18)9-4-2-1-3-5-9/h1-7,14,16,18H,8H2. The van der Waals surface area contributed by atoms with Gasteiger partial charge < -0.3 is 14.9 Å². The summed E-state index contributed by atoms with van der Waals surface area (Å²) in [5, 5.41) is 19.3. The fraction of sp³-hybridized carbons (Fsp3) is 0.133. The van der Waals surface area contributed by atoms with Crippen LogP contribution < -0.4 is 4.74 Å². The molecule has 1 aliphatic heterocycles. The number of rotatable bonds is 1. The van der Waals surface area contributed by atoms with Crippen molar-refractivity contribution in [3.63, 3.8) is 0 Å². The summed E-state index contributed by atoms with van der Waals surface area (Å²) in [5.41, 5.74) is 1.33. The summed E-state index contributed by atoms with van der Waals surface area (Å²) in [7, 11) is 0. The van der Waals surface area contributed by atoms with Crippen LogP contribution in [0, 0.1) is 0 Å². The maximum Gasteiger partial charge on any atom is 0.200 e. The fourth-order valence-corrected chi connectivity index (χ4v) is 2.22. The highest BCUT2D eigenvalue weighted by Crippen LogP contribution is 2.43. The van der Waals surface area contributed by atoms with Gasteiger partial charge in [-0.1, -0.05) is 36.4 Å². The average Bonchev–Trinajstić information content (AvgIpc) is 2.44. The molecule has 1 unspecified atom stereocenters. The molecule has 2 aromatic carbocycles. The number of hydrogen-bond acceptors (Lipinski definition) is 4. The molecule has 19 heavy (non-hydrogen) atoms. The molecule has 1 heterocycles. The fourth-order valence-electron chi connectivity index (χ4n) is 2.22. The average molecular weight is 256 g/mol. The second-order valence-electron chi connectivity index (χ2n) is 4.47. The Labute approximate surface area is 109 Å². The van der Waals surface area contributed by atoms with E-state index in [9.17, 15) is 15.0 Å². The first-order valence-electron chi connectivity index (χ1n) is 5.95. The molecule has 0 radical (unpaired) electrons. The number of fused-ring (bicyclic) bond motifs is 1. The monoisotopic (exact) mass is 256 g/mol. The Morgan fingerprint density at radius 2 is 1.79 bits per heavy atom. The Kier molecular flexibility index (Phi) is 2.63. The van der Waals surface area contributed by atoms with E-state index in [4.69, 9.17) is 4.74 Å². The largest absolute Gasteiger partial charge is 0.504 e. The molecule has 2 aromatic rings. The number of Topliss-reactive ketones (excluding diaryl/α,β-unsaturated/α-hetero) is 1. The molecular weight excluding hydrogens is 244 g/mol. The third-order valence-corrected chi connectivity index (χ3v) is 3.19. The molecule has 0 aliphatic carbocycles. The maximum absolute atomic E-state index is 12.1. The molecule has 4 nitrogen and oxygen atoms in total. The molecule has 1 atom stereocenters. The van der Waals surface area contributed by atoms with Crippen LogP contribution in [0.5, 0.6) is 17.2 Å². The number of benzene rings is 2. The highest BCUT2D eigenvalue weighted by molar-refractivity contribution is 5.89. The lowest BCUT2D eigenvalue weighted by Gasteiger charge is -2.26. The Balaban J connectivity index is 2.04. The molecule has 0 bridgehead atoms. The number of carbonyl (C=O) groups excluding carboxylic acids is 1. The molecule has 0 spiro atoms. The smallest absolute Gasteiger partial charge is 0.200 e. The summed E-state index contributed by atoms with van der Waals surface area (Å²) < 4.78 is 5.58. The molecule has 0 saturated carbocycles. The van der Waals surface area contributed by atoms with E-state index < -0.39 is 6.10 Å². The van der Waals surface area contributed by atoms with Crippen LogP contribution in [-0.2, 0) is 11.2 Å². The van der Waals surface area contributed by atoms with Gasteiger partial charge in [-0.15, -0.1) is 0 Å². The molecule has 0 fully saturated rings. The van der Waals surface area contributed by atoms with Gasteiger partial charge in [-0.25, -0.2) is 0 Å². The van der Waals surface area contributed by atoms with Crippen LogP contribution in [0.15, 0.2) is 42.5 Å². The normalized spacial score (nSPS) is 17.7. The molecule has 96 valence electrons.